The van der Waals surface area contributed by atoms with Crippen LogP contribution in [-0.4, -0.2) is 29.1 Å². The molecule has 1 aliphatic heterocycles. The Hall–Kier alpha value is -1.94. The Morgan fingerprint density at radius 1 is 1.33 bits per heavy atom. The zero-order chi connectivity index (χ0) is 20.0. The summed E-state index contributed by atoms with van der Waals surface area (Å²) in [5, 5.41) is 0.0250. The molecule has 0 aromatic heterocycles. The summed E-state index contributed by atoms with van der Waals surface area (Å²) in [6.45, 7) is -0.532. The molecule has 0 radical (unpaired) electrons. The van der Waals surface area contributed by atoms with Crippen molar-refractivity contribution in [1.82, 2.24) is 15.8 Å². The van der Waals surface area contributed by atoms with Gasteiger partial charge in [0, 0.05) is 23.8 Å². The van der Waals surface area contributed by atoms with E-state index in [0.717, 1.165) is 29.3 Å². The van der Waals surface area contributed by atoms with Crippen LogP contribution in [0.1, 0.15) is 24.0 Å². The predicted octanol–water partition coefficient (Wildman–Crippen LogP) is 3.77. The standard InChI is InChI=1S/C16H14ClF6N3O/c17-9-1-4-11(16(21,22)23)8(5-9)7-26(10-2-3-10)13(27)12-6-24-25-15(12,20)14(18)19/h1,4-6,10,14,24-25H,2-3,7H2. The maximum absolute atomic E-state index is 14.4. The van der Waals surface area contributed by atoms with Crippen molar-refractivity contribution in [1.29, 1.82) is 0 Å². The van der Waals surface area contributed by atoms with Gasteiger partial charge in [-0.3, -0.25) is 4.79 Å². The van der Waals surface area contributed by atoms with Gasteiger partial charge in [0.1, 0.15) is 0 Å². The third-order valence-corrected chi connectivity index (χ3v) is 4.59. The fourth-order valence-electron chi connectivity index (χ4n) is 2.84. The zero-order valence-electron chi connectivity index (χ0n) is 13.6. The largest absolute Gasteiger partial charge is 0.416 e. The first-order chi connectivity index (χ1) is 12.5. The molecule has 4 nitrogen and oxygen atoms in total. The highest BCUT2D eigenvalue weighted by Crippen LogP contribution is 2.38. The van der Waals surface area contributed by atoms with Crippen molar-refractivity contribution in [2.75, 3.05) is 0 Å². The maximum Gasteiger partial charge on any atom is 0.416 e. The van der Waals surface area contributed by atoms with E-state index < -0.39 is 48.0 Å². The molecule has 1 aliphatic carbocycles. The van der Waals surface area contributed by atoms with E-state index in [9.17, 15) is 31.1 Å². The van der Waals surface area contributed by atoms with Crippen LogP contribution in [0, 0.1) is 0 Å². The van der Waals surface area contributed by atoms with E-state index >= 15 is 0 Å². The lowest BCUT2D eigenvalue weighted by atomic mass is 10.0. The topological polar surface area (TPSA) is 44.4 Å². The van der Waals surface area contributed by atoms with E-state index in [4.69, 9.17) is 11.6 Å². The van der Waals surface area contributed by atoms with Gasteiger partial charge in [0.15, 0.2) is 0 Å². The molecule has 0 spiro atoms. The van der Waals surface area contributed by atoms with Gasteiger partial charge in [0.25, 0.3) is 18.1 Å². The quantitative estimate of drug-likeness (QED) is 0.570. The van der Waals surface area contributed by atoms with Gasteiger partial charge in [-0.1, -0.05) is 11.6 Å². The molecule has 1 saturated carbocycles. The lowest BCUT2D eigenvalue weighted by molar-refractivity contribution is -0.140. The number of hydrogen-bond donors (Lipinski definition) is 2. The number of halogens is 7. The minimum absolute atomic E-state index is 0.0250. The van der Waals surface area contributed by atoms with Gasteiger partial charge in [-0.15, -0.1) is 0 Å². The van der Waals surface area contributed by atoms with Crippen molar-refractivity contribution in [3.63, 3.8) is 0 Å². The van der Waals surface area contributed by atoms with Crippen molar-refractivity contribution in [2.45, 2.75) is 43.8 Å². The number of amides is 1. The van der Waals surface area contributed by atoms with Crippen molar-refractivity contribution in [3.05, 3.63) is 46.1 Å². The minimum Gasteiger partial charge on any atom is -0.331 e. The van der Waals surface area contributed by atoms with Gasteiger partial charge in [0.2, 0.25) is 0 Å². The van der Waals surface area contributed by atoms with Gasteiger partial charge in [-0.05, 0) is 36.6 Å². The zero-order valence-corrected chi connectivity index (χ0v) is 14.3. The SMILES string of the molecule is O=C(C1=CNNC1(F)C(F)F)N(Cc1cc(Cl)ccc1C(F)(F)F)C1CC1. The van der Waals surface area contributed by atoms with Gasteiger partial charge >= 0.3 is 6.18 Å². The van der Waals surface area contributed by atoms with Crippen LogP contribution in [0.25, 0.3) is 0 Å². The average molecular weight is 414 g/mol. The Morgan fingerprint density at radius 2 is 2.00 bits per heavy atom. The summed E-state index contributed by atoms with van der Waals surface area (Å²) in [4.78, 5) is 13.7. The summed E-state index contributed by atoms with van der Waals surface area (Å²) in [5.74, 6) is -4.53. The molecule has 27 heavy (non-hydrogen) atoms. The van der Waals surface area contributed by atoms with Crippen LogP contribution in [0.2, 0.25) is 5.02 Å². The summed E-state index contributed by atoms with van der Waals surface area (Å²) < 4.78 is 80.3. The number of hydrazine groups is 1. The highest BCUT2D eigenvalue weighted by atomic mass is 35.5. The first-order valence-electron chi connectivity index (χ1n) is 7.91. The van der Waals surface area contributed by atoms with E-state index in [1.807, 2.05) is 5.43 Å². The second kappa shape index (κ2) is 6.90. The van der Waals surface area contributed by atoms with Crippen molar-refractivity contribution >= 4 is 17.5 Å². The number of carbonyl (C=O) groups excluding carboxylic acids is 1. The minimum atomic E-state index is -4.69. The Bertz CT molecular complexity index is 780. The highest BCUT2D eigenvalue weighted by molar-refractivity contribution is 6.30. The Morgan fingerprint density at radius 3 is 2.56 bits per heavy atom. The molecule has 1 aromatic rings. The Labute approximate surface area is 155 Å². The fourth-order valence-corrected chi connectivity index (χ4v) is 3.03. The second-order valence-corrected chi connectivity index (χ2v) is 6.74. The molecule has 1 aromatic carbocycles. The first-order valence-corrected chi connectivity index (χ1v) is 8.29. The molecule has 0 saturated heterocycles. The molecule has 3 rings (SSSR count). The first kappa shape index (κ1) is 19.8. The number of alkyl halides is 6. The number of nitrogens with zero attached hydrogens (tertiary/aromatic N) is 1. The van der Waals surface area contributed by atoms with Gasteiger partial charge in [-0.25, -0.2) is 13.2 Å². The molecule has 11 heteroatoms. The molecule has 2 N–H and O–H groups in total. The summed E-state index contributed by atoms with van der Waals surface area (Å²) >= 11 is 5.78. The van der Waals surface area contributed by atoms with Gasteiger partial charge in [-0.2, -0.15) is 18.6 Å². The van der Waals surface area contributed by atoms with Crippen LogP contribution < -0.4 is 10.9 Å². The smallest absolute Gasteiger partial charge is 0.331 e. The van der Waals surface area contributed by atoms with E-state index in [2.05, 4.69) is 0 Å². The number of hydrogen-bond acceptors (Lipinski definition) is 3. The van der Waals surface area contributed by atoms with E-state index in [-0.39, 0.29) is 10.6 Å². The second-order valence-electron chi connectivity index (χ2n) is 6.30. The van der Waals surface area contributed by atoms with Crippen LogP contribution in [-0.2, 0) is 17.5 Å². The molecule has 0 bridgehead atoms. The lowest BCUT2D eigenvalue weighted by Crippen LogP contribution is -2.52. The van der Waals surface area contributed by atoms with E-state index in [0.29, 0.717) is 12.8 Å². The molecule has 2 aliphatic rings. The molecule has 1 atom stereocenters. The molecule has 148 valence electrons. The summed E-state index contributed by atoms with van der Waals surface area (Å²) in [6, 6.07) is 2.45. The van der Waals surface area contributed by atoms with Crippen LogP contribution >= 0.6 is 11.6 Å². The van der Waals surface area contributed by atoms with Crippen LogP contribution in [0.3, 0.4) is 0 Å². The Balaban J connectivity index is 1.93. The van der Waals surface area contributed by atoms with Gasteiger partial charge in [0.05, 0.1) is 11.1 Å². The third kappa shape index (κ3) is 3.86. The summed E-state index contributed by atoms with van der Waals surface area (Å²) in [5.41, 5.74) is 1.53. The number of nitrogens with one attached hydrogen (secondary N) is 2. The third-order valence-electron chi connectivity index (χ3n) is 4.36. The maximum atomic E-state index is 14.4. The predicted molar refractivity (Wildman–Crippen MR) is 84.2 cm³/mol. The normalized spacial score (nSPS) is 22.6. The van der Waals surface area contributed by atoms with Crippen molar-refractivity contribution in [3.8, 4) is 0 Å². The molecular weight excluding hydrogens is 400 g/mol. The average Bonchev–Trinajstić information content (AvgIpc) is 3.32. The molecular formula is C16H14ClF6N3O. The fraction of sp³-hybridized carbons (Fsp3) is 0.438. The highest BCUT2D eigenvalue weighted by Gasteiger charge is 2.52. The van der Waals surface area contributed by atoms with Crippen LogP contribution in [0.5, 0.6) is 0 Å². The van der Waals surface area contributed by atoms with E-state index in [1.54, 1.807) is 5.43 Å². The molecule has 1 amide bonds. The van der Waals surface area contributed by atoms with Gasteiger partial charge < -0.3 is 10.3 Å². The van der Waals surface area contributed by atoms with Crippen molar-refractivity contribution in [2.24, 2.45) is 0 Å². The van der Waals surface area contributed by atoms with E-state index in [1.165, 1.54) is 0 Å². The summed E-state index contributed by atoms with van der Waals surface area (Å²) in [7, 11) is 0. The number of benzene rings is 1. The van der Waals surface area contributed by atoms with Crippen LogP contribution in [0.4, 0.5) is 26.3 Å². The monoisotopic (exact) mass is 413 g/mol. The molecule has 1 heterocycles. The number of carbonyl (C=O) groups is 1. The lowest BCUT2D eigenvalue weighted by Gasteiger charge is -2.28. The van der Waals surface area contributed by atoms with Crippen molar-refractivity contribution < 1.29 is 31.1 Å². The molecule has 1 unspecified atom stereocenters. The Kier molecular flexibility index (Phi) is 5.06. The summed E-state index contributed by atoms with van der Waals surface area (Å²) in [6.07, 6.45) is -6.53. The number of rotatable bonds is 5. The van der Waals surface area contributed by atoms with Crippen LogP contribution in [0.15, 0.2) is 30.0 Å². The molecule has 1 fully saturated rings.